The molecule has 0 atom stereocenters. The Bertz CT molecular complexity index is 753. The molecule has 2 heterocycles. The lowest BCUT2D eigenvalue weighted by Gasteiger charge is -2.07. The summed E-state index contributed by atoms with van der Waals surface area (Å²) in [4.78, 5) is 16.3. The molecule has 3 aromatic rings. The predicted molar refractivity (Wildman–Crippen MR) is 92.8 cm³/mol. The first kappa shape index (κ1) is 15.8. The molecule has 0 saturated carbocycles. The molecule has 1 amide bonds. The van der Waals surface area contributed by atoms with Crippen LogP contribution in [0.25, 0.3) is 0 Å². The molecule has 2 N–H and O–H groups in total. The zero-order chi connectivity index (χ0) is 16.6. The van der Waals surface area contributed by atoms with Crippen LogP contribution in [-0.2, 0) is 13.0 Å². The smallest absolute Gasteiger partial charge is 0.253 e. The van der Waals surface area contributed by atoms with Gasteiger partial charge in [0.2, 0.25) is 0 Å². The Kier molecular flexibility index (Phi) is 5.24. The van der Waals surface area contributed by atoms with E-state index in [4.69, 9.17) is 4.42 Å². The van der Waals surface area contributed by atoms with Gasteiger partial charge in [-0.25, -0.2) is 4.98 Å². The highest BCUT2D eigenvalue weighted by molar-refractivity contribution is 5.93. The van der Waals surface area contributed by atoms with Crippen LogP contribution in [-0.4, -0.2) is 17.4 Å². The molecule has 5 nitrogen and oxygen atoms in total. The molecule has 0 radical (unpaired) electrons. The molecule has 2 aromatic heterocycles. The zero-order valence-electron chi connectivity index (χ0n) is 13.2. The van der Waals surface area contributed by atoms with Crippen LogP contribution in [0.15, 0.2) is 71.5 Å². The van der Waals surface area contributed by atoms with Crippen molar-refractivity contribution in [1.82, 2.24) is 10.3 Å². The van der Waals surface area contributed by atoms with E-state index < -0.39 is 0 Å². The number of aromatic nitrogens is 1. The third-order valence-corrected chi connectivity index (χ3v) is 3.59. The Morgan fingerprint density at radius 1 is 1.04 bits per heavy atom. The Morgan fingerprint density at radius 3 is 2.62 bits per heavy atom. The van der Waals surface area contributed by atoms with Crippen LogP contribution in [0.3, 0.4) is 0 Å². The summed E-state index contributed by atoms with van der Waals surface area (Å²) in [5.41, 5.74) is 1.80. The summed E-state index contributed by atoms with van der Waals surface area (Å²) in [7, 11) is 0. The molecule has 5 heteroatoms. The second-order valence-electron chi connectivity index (χ2n) is 5.36. The highest BCUT2D eigenvalue weighted by Gasteiger charge is 2.06. The van der Waals surface area contributed by atoms with Crippen LogP contribution in [0.2, 0.25) is 0 Å². The minimum atomic E-state index is -0.172. The third-order valence-electron chi connectivity index (χ3n) is 3.59. The van der Waals surface area contributed by atoms with Crippen molar-refractivity contribution in [2.75, 3.05) is 11.9 Å². The molecule has 0 bridgehead atoms. The number of carbonyl (C=O) groups is 1. The molecule has 122 valence electrons. The first-order valence-electron chi connectivity index (χ1n) is 7.86. The lowest BCUT2D eigenvalue weighted by atomic mass is 10.1. The molecule has 0 unspecified atom stereocenters. The molecular formula is C19H19N3O2. The maximum Gasteiger partial charge on any atom is 0.253 e. The van der Waals surface area contributed by atoms with Gasteiger partial charge < -0.3 is 15.1 Å². The molecular weight excluding hydrogens is 302 g/mol. The molecule has 0 aliphatic rings. The highest BCUT2D eigenvalue weighted by Crippen LogP contribution is 2.07. The fourth-order valence-electron chi connectivity index (χ4n) is 2.29. The molecule has 0 saturated heterocycles. The Balaban J connectivity index is 1.46. The number of furan rings is 1. The van der Waals surface area contributed by atoms with E-state index in [2.05, 4.69) is 27.8 Å². The first-order valence-corrected chi connectivity index (χ1v) is 7.86. The number of nitrogens with zero attached hydrogens (tertiary/aromatic N) is 1. The van der Waals surface area contributed by atoms with Crippen molar-refractivity contribution in [3.8, 4) is 0 Å². The Labute approximate surface area is 140 Å². The van der Waals surface area contributed by atoms with Gasteiger partial charge in [0, 0.05) is 12.7 Å². The standard InChI is InChI=1S/C19H19N3O2/c23-19(22-14-17-7-4-12-24-17)16-8-9-18(21-13-16)20-11-10-15-5-2-1-3-6-15/h1-9,12-13H,10-11,14H2,(H,20,21)(H,22,23). The molecule has 0 aliphatic carbocycles. The van der Waals surface area contributed by atoms with Gasteiger partial charge in [-0.3, -0.25) is 4.79 Å². The summed E-state index contributed by atoms with van der Waals surface area (Å²) in [6, 6.07) is 17.4. The molecule has 1 aromatic carbocycles. The van der Waals surface area contributed by atoms with Gasteiger partial charge in [-0.2, -0.15) is 0 Å². The fraction of sp³-hybridized carbons (Fsp3) is 0.158. The average Bonchev–Trinajstić information content (AvgIpc) is 3.15. The normalized spacial score (nSPS) is 10.3. The highest BCUT2D eigenvalue weighted by atomic mass is 16.3. The Morgan fingerprint density at radius 2 is 1.92 bits per heavy atom. The summed E-state index contributed by atoms with van der Waals surface area (Å²) in [6.07, 6.45) is 4.08. The number of rotatable bonds is 7. The van der Waals surface area contributed by atoms with Gasteiger partial charge in [0.1, 0.15) is 11.6 Å². The van der Waals surface area contributed by atoms with Gasteiger partial charge >= 0.3 is 0 Å². The van der Waals surface area contributed by atoms with Crippen molar-refractivity contribution in [2.24, 2.45) is 0 Å². The summed E-state index contributed by atoms with van der Waals surface area (Å²) in [5.74, 6) is 1.30. The second kappa shape index (κ2) is 7.97. The molecule has 0 spiro atoms. The maximum absolute atomic E-state index is 12.0. The number of amides is 1. The largest absolute Gasteiger partial charge is 0.467 e. The van der Waals surface area contributed by atoms with E-state index in [1.807, 2.05) is 30.3 Å². The number of carbonyl (C=O) groups excluding carboxylic acids is 1. The number of anilines is 1. The van der Waals surface area contributed by atoms with E-state index in [1.54, 1.807) is 24.6 Å². The minimum Gasteiger partial charge on any atom is -0.467 e. The van der Waals surface area contributed by atoms with E-state index in [9.17, 15) is 4.79 Å². The second-order valence-corrected chi connectivity index (χ2v) is 5.36. The SMILES string of the molecule is O=C(NCc1ccco1)c1ccc(NCCc2ccccc2)nc1. The van der Waals surface area contributed by atoms with E-state index in [0.29, 0.717) is 12.1 Å². The summed E-state index contributed by atoms with van der Waals surface area (Å²) >= 11 is 0. The van der Waals surface area contributed by atoms with Crippen LogP contribution >= 0.6 is 0 Å². The van der Waals surface area contributed by atoms with Gasteiger partial charge in [-0.15, -0.1) is 0 Å². The number of pyridine rings is 1. The van der Waals surface area contributed by atoms with Crippen LogP contribution < -0.4 is 10.6 Å². The van der Waals surface area contributed by atoms with Crippen LogP contribution in [0, 0.1) is 0 Å². The van der Waals surface area contributed by atoms with Crippen LogP contribution in [0.1, 0.15) is 21.7 Å². The summed E-state index contributed by atoms with van der Waals surface area (Å²) in [6.45, 7) is 1.16. The average molecular weight is 321 g/mol. The van der Waals surface area contributed by atoms with Gasteiger partial charge in [-0.05, 0) is 36.2 Å². The van der Waals surface area contributed by atoms with Crippen molar-refractivity contribution >= 4 is 11.7 Å². The Hall–Kier alpha value is -3.08. The fourth-order valence-corrected chi connectivity index (χ4v) is 2.29. The van der Waals surface area contributed by atoms with Gasteiger partial charge in [-0.1, -0.05) is 30.3 Å². The predicted octanol–water partition coefficient (Wildman–Crippen LogP) is 3.26. The quantitative estimate of drug-likeness (QED) is 0.701. The van der Waals surface area contributed by atoms with Gasteiger partial charge in [0.05, 0.1) is 18.4 Å². The van der Waals surface area contributed by atoms with Crippen molar-refractivity contribution in [3.05, 3.63) is 83.9 Å². The van der Waals surface area contributed by atoms with E-state index >= 15 is 0 Å². The third kappa shape index (κ3) is 4.46. The number of hydrogen-bond acceptors (Lipinski definition) is 4. The van der Waals surface area contributed by atoms with E-state index in [1.165, 1.54) is 5.56 Å². The number of nitrogens with one attached hydrogen (secondary N) is 2. The van der Waals surface area contributed by atoms with Crippen molar-refractivity contribution in [3.63, 3.8) is 0 Å². The van der Waals surface area contributed by atoms with E-state index in [0.717, 1.165) is 24.5 Å². The first-order chi connectivity index (χ1) is 11.8. The zero-order valence-corrected chi connectivity index (χ0v) is 13.2. The molecule has 0 aliphatic heterocycles. The van der Waals surface area contributed by atoms with Crippen molar-refractivity contribution < 1.29 is 9.21 Å². The van der Waals surface area contributed by atoms with E-state index in [-0.39, 0.29) is 5.91 Å². The number of hydrogen-bond donors (Lipinski definition) is 2. The maximum atomic E-state index is 12.0. The van der Waals surface area contributed by atoms with Crippen LogP contribution in [0.5, 0.6) is 0 Å². The van der Waals surface area contributed by atoms with Crippen molar-refractivity contribution in [1.29, 1.82) is 0 Å². The lowest BCUT2D eigenvalue weighted by Crippen LogP contribution is -2.22. The van der Waals surface area contributed by atoms with Gasteiger partial charge in [0.25, 0.3) is 5.91 Å². The van der Waals surface area contributed by atoms with Crippen molar-refractivity contribution in [2.45, 2.75) is 13.0 Å². The summed E-state index contributed by atoms with van der Waals surface area (Å²) in [5, 5.41) is 6.05. The summed E-state index contributed by atoms with van der Waals surface area (Å²) < 4.78 is 5.18. The monoisotopic (exact) mass is 321 g/mol. The minimum absolute atomic E-state index is 0.172. The van der Waals surface area contributed by atoms with Gasteiger partial charge in [0.15, 0.2) is 0 Å². The molecule has 0 fully saturated rings. The lowest BCUT2D eigenvalue weighted by molar-refractivity contribution is 0.0947. The van der Waals surface area contributed by atoms with Crippen LogP contribution in [0.4, 0.5) is 5.82 Å². The molecule has 3 rings (SSSR count). The topological polar surface area (TPSA) is 67.2 Å². The molecule has 24 heavy (non-hydrogen) atoms. The number of benzene rings is 1.